The monoisotopic (exact) mass is 153 g/mol. The van der Waals surface area contributed by atoms with Gasteiger partial charge in [-0.15, -0.1) is 0 Å². The molecule has 0 saturated heterocycles. The summed E-state index contributed by atoms with van der Waals surface area (Å²) in [6, 6.07) is 0. The van der Waals surface area contributed by atoms with Gasteiger partial charge in [-0.25, -0.2) is 0 Å². The van der Waals surface area contributed by atoms with Crippen LogP contribution in [0.3, 0.4) is 0 Å². The van der Waals surface area contributed by atoms with Gasteiger partial charge in [0.15, 0.2) is 0 Å². The molecule has 0 unspecified atom stereocenters. The molecule has 0 atom stereocenters. The van der Waals surface area contributed by atoms with E-state index in [4.69, 9.17) is 5.73 Å². The number of aliphatic imine (C=N–C) groups is 1. The van der Waals surface area contributed by atoms with Crippen molar-refractivity contribution >= 4 is 12.1 Å². The summed E-state index contributed by atoms with van der Waals surface area (Å²) in [6.07, 6.45) is 6.54. The number of nitrogens with zero attached hydrogens (tertiary/aromatic N) is 1. The Balaban J connectivity index is 3.80. The Morgan fingerprint density at radius 2 is 2.36 bits per heavy atom. The van der Waals surface area contributed by atoms with E-state index in [1.807, 2.05) is 0 Å². The molecular weight excluding hydrogens is 142 g/mol. The predicted octanol–water partition coefficient (Wildman–Crippen LogP) is 0.137. The minimum atomic E-state index is 0.570. The summed E-state index contributed by atoms with van der Waals surface area (Å²) in [5, 5.41) is 2.32. The normalized spacial score (nSPS) is 12.6. The van der Waals surface area contributed by atoms with E-state index in [0.29, 0.717) is 6.41 Å². The van der Waals surface area contributed by atoms with Gasteiger partial charge in [0, 0.05) is 18.1 Å². The molecule has 0 aliphatic rings. The first-order valence-corrected chi connectivity index (χ1v) is 3.08. The number of nitrogens with one attached hydrogen (secondary N) is 1. The van der Waals surface area contributed by atoms with E-state index in [1.54, 1.807) is 13.0 Å². The van der Waals surface area contributed by atoms with Crippen molar-refractivity contribution in [1.82, 2.24) is 5.32 Å². The van der Waals surface area contributed by atoms with Crippen molar-refractivity contribution in [2.75, 3.05) is 0 Å². The summed E-state index contributed by atoms with van der Waals surface area (Å²) >= 11 is 0. The number of allylic oxidation sites excluding steroid dienone is 1. The fourth-order valence-electron chi connectivity index (χ4n) is 0.419. The Morgan fingerprint density at radius 3 is 2.91 bits per heavy atom. The van der Waals surface area contributed by atoms with Gasteiger partial charge in [0.05, 0.1) is 0 Å². The molecule has 0 saturated carbocycles. The Morgan fingerprint density at radius 1 is 1.64 bits per heavy atom. The second kappa shape index (κ2) is 6.54. The minimum Gasteiger partial charge on any atom is -0.405 e. The summed E-state index contributed by atoms with van der Waals surface area (Å²) in [6.45, 7) is 1.80. The molecule has 0 aromatic heterocycles. The molecule has 0 bridgehead atoms. The lowest BCUT2D eigenvalue weighted by atomic mass is 10.4. The Kier molecular flexibility index (Phi) is 5.60. The zero-order chi connectivity index (χ0) is 8.53. The maximum absolute atomic E-state index is 9.73. The van der Waals surface area contributed by atoms with Crippen molar-refractivity contribution in [3.05, 3.63) is 24.7 Å². The Bertz CT molecular complexity index is 194. The number of carbonyl (C=O) groups excluding carboxylic acids is 1. The van der Waals surface area contributed by atoms with Crippen LogP contribution in [0.2, 0.25) is 0 Å². The van der Waals surface area contributed by atoms with Crippen LogP contribution in [-0.4, -0.2) is 12.1 Å². The van der Waals surface area contributed by atoms with Crippen LogP contribution < -0.4 is 11.1 Å². The van der Waals surface area contributed by atoms with Crippen molar-refractivity contribution in [2.24, 2.45) is 10.7 Å². The largest absolute Gasteiger partial charge is 0.405 e. The molecule has 0 spiro atoms. The minimum absolute atomic E-state index is 0.570. The smallest absolute Gasteiger partial charge is 0.211 e. The van der Waals surface area contributed by atoms with Gasteiger partial charge in [0.25, 0.3) is 0 Å². The molecule has 0 aromatic rings. The molecule has 11 heavy (non-hydrogen) atoms. The van der Waals surface area contributed by atoms with Crippen molar-refractivity contribution in [3.8, 4) is 0 Å². The van der Waals surface area contributed by atoms with Crippen LogP contribution in [0, 0.1) is 0 Å². The fourth-order valence-corrected chi connectivity index (χ4v) is 0.419. The van der Waals surface area contributed by atoms with Gasteiger partial charge in [-0.05, 0) is 19.2 Å². The molecule has 0 rings (SSSR count). The van der Waals surface area contributed by atoms with E-state index < -0.39 is 0 Å². The molecule has 4 nitrogen and oxygen atoms in total. The first-order valence-electron chi connectivity index (χ1n) is 3.08. The lowest BCUT2D eigenvalue weighted by Gasteiger charge is -1.85. The van der Waals surface area contributed by atoms with Crippen LogP contribution in [0.15, 0.2) is 29.7 Å². The van der Waals surface area contributed by atoms with E-state index >= 15 is 0 Å². The van der Waals surface area contributed by atoms with E-state index in [1.165, 1.54) is 18.6 Å². The number of rotatable bonds is 4. The third-order valence-electron chi connectivity index (χ3n) is 0.854. The van der Waals surface area contributed by atoms with Crippen LogP contribution in [-0.2, 0) is 4.79 Å². The maximum atomic E-state index is 9.73. The number of hydrogen-bond donors (Lipinski definition) is 2. The highest BCUT2D eigenvalue weighted by molar-refractivity contribution is 5.93. The standard InChI is InChI=1S/C7H11N3O/c1-7(2-3-8)10-5-4-9-6-11/h2-6H,8H2,1H3,(H,9,11)/b3-2?,5-4-,10-7?. The summed E-state index contributed by atoms with van der Waals surface area (Å²) in [5.41, 5.74) is 5.88. The number of carbonyl (C=O) groups is 1. The van der Waals surface area contributed by atoms with Gasteiger partial charge in [0.2, 0.25) is 6.41 Å². The highest BCUT2D eigenvalue weighted by Crippen LogP contribution is 1.79. The van der Waals surface area contributed by atoms with Crippen molar-refractivity contribution in [2.45, 2.75) is 6.92 Å². The molecule has 0 aliphatic heterocycles. The third kappa shape index (κ3) is 6.30. The van der Waals surface area contributed by atoms with Crippen LogP contribution in [0.1, 0.15) is 6.92 Å². The fraction of sp³-hybridized carbons (Fsp3) is 0.143. The topological polar surface area (TPSA) is 67.5 Å². The average Bonchev–Trinajstić information content (AvgIpc) is 1.99. The van der Waals surface area contributed by atoms with Crippen molar-refractivity contribution in [1.29, 1.82) is 0 Å². The third-order valence-corrected chi connectivity index (χ3v) is 0.854. The second-order valence-electron chi connectivity index (χ2n) is 1.73. The first kappa shape index (κ1) is 9.42. The van der Waals surface area contributed by atoms with Crippen LogP contribution in [0.25, 0.3) is 0 Å². The molecule has 0 radical (unpaired) electrons. The van der Waals surface area contributed by atoms with Gasteiger partial charge in [-0.3, -0.25) is 9.79 Å². The lowest BCUT2D eigenvalue weighted by molar-refractivity contribution is -0.108. The van der Waals surface area contributed by atoms with E-state index in [-0.39, 0.29) is 0 Å². The molecule has 4 heteroatoms. The number of hydrogen-bond acceptors (Lipinski definition) is 3. The van der Waals surface area contributed by atoms with Gasteiger partial charge in [0.1, 0.15) is 0 Å². The zero-order valence-electron chi connectivity index (χ0n) is 6.32. The van der Waals surface area contributed by atoms with Gasteiger partial charge in [-0.2, -0.15) is 0 Å². The molecule has 0 fully saturated rings. The Hall–Kier alpha value is -1.58. The average molecular weight is 153 g/mol. The molecule has 60 valence electrons. The molecule has 0 aliphatic carbocycles. The van der Waals surface area contributed by atoms with Gasteiger partial charge in [-0.1, -0.05) is 0 Å². The molecule has 1 amide bonds. The highest BCUT2D eigenvalue weighted by atomic mass is 16.1. The number of amides is 1. The van der Waals surface area contributed by atoms with E-state index in [2.05, 4.69) is 10.3 Å². The first-order chi connectivity index (χ1) is 5.31. The van der Waals surface area contributed by atoms with Gasteiger partial charge >= 0.3 is 0 Å². The van der Waals surface area contributed by atoms with E-state index in [9.17, 15) is 4.79 Å². The van der Waals surface area contributed by atoms with E-state index in [0.717, 1.165) is 5.71 Å². The predicted molar refractivity (Wildman–Crippen MR) is 44.8 cm³/mol. The molecule has 0 aromatic carbocycles. The van der Waals surface area contributed by atoms with Crippen molar-refractivity contribution < 1.29 is 4.79 Å². The summed E-state index contributed by atoms with van der Waals surface area (Å²) in [4.78, 5) is 13.6. The maximum Gasteiger partial charge on any atom is 0.211 e. The quantitative estimate of drug-likeness (QED) is 0.445. The summed E-state index contributed by atoms with van der Waals surface area (Å²) in [7, 11) is 0. The SMILES string of the molecule is CC(C=CN)=N/C=C\NC=O. The van der Waals surface area contributed by atoms with Crippen LogP contribution >= 0.6 is 0 Å². The Labute approximate surface area is 65.5 Å². The van der Waals surface area contributed by atoms with Crippen LogP contribution in [0.4, 0.5) is 0 Å². The molecular formula is C7H11N3O. The summed E-state index contributed by atoms with van der Waals surface area (Å²) < 4.78 is 0. The molecule has 0 heterocycles. The lowest BCUT2D eigenvalue weighted by Crippen LogP contribution is -1.98. The van der Waals surface area contributed by atoms with Crippen molar-refractivity contribution in [3.63, 3.8) is 0 Å². The molecule has 3 N–H and O–H groups in total. The zero-order valence-corrected chi connectivity index (χ0v) is 6.32. The van der Waals surface area contributed by atoms with Crippen LogP contribution in [0.5, 0.6) is 0 Å². The second-order valence-corrected chi connectivity index (χ2v) is 1.73. The number of nitrogens with two attached hydrogens (primary N) is 1. The van der Waals surface area contributed by atoms with Gasteiger partial charge < -0.3 is 11.1 Å². The summed E-state index contributed by atoms with van der Waals surface area (Å²) in [5.74, 6) is 0. The highest BCUT2D eigenvalue weighted by Gasteiger charge is 1.76.